The molecule has 6 aliphatic carbocycles. The number of ether oxygens (including phenoxy) is 4. The van der Waals surface area contributed by atoms with Gasteiger partial charge in [-0.15, -0.1) is 0 Å². The van der Waals surface area contributed by atoms with Gasteiger partial charge in [-0.25, -0.2) is 4.79 Å². The number of carbonyl (C=O) groups is 5. The summed E-state index contributed by atoms with van der Waals surface area (Å²) in [5, 5.41) is 37.7. The van der Waals surface area contributed by atoms with Gasteiger partial charge < -0.3 is 39.6 Å². The lowest BCUT2D eigenvalue weighted by atomic mass is 9.47. The molecule has 11 unspecified atom stereocenters. The average Bonchev–Trinajstić information content (AvgIpc) is 3.55. The Morgan fingerprint density at radius 3 is 2.43 bits per heavy atom. The first-order valence-electron chi connectivity index (χ1n) is 21.6. The van der Waals surface area contributed by atoms with E-state index in [4.69, 9.17) is 18.9 Å². The van der Waals surface area contributed by atoms with E-state index in [1.807, 2.05) is 6.08 Å². The third-order valence-electron chi connectivity index (χ3n) is 16.1. The molecule has 13 heteroatoms. The second-order valence-corrected chi connectivity index (χ2v) is 19.0. The van der Waals surface area contributed by atoms with E-state index in [2.05, 4.69) is 19.2 Å². The van der Waals surface area contributed by atoms with Gasteiger partial charge in [0.25, 0.3) is 0 Å². The number of ketones is 4. The van der Waals surface area contributed by atoms with E-state index in [0.717, 1.165) is 44.9 Å². The van der Waals surface area contributed by atoms with Gasteiger partial charge in [-0.3, -0.25) is 19.2 Å². The lowest BCUT2D eigenvalue weighted by molar-refractivity contribution is -0.245. The highest BCUT2D eigenvalue weighted by Crippen LogP contribution is 2.65. The molecule has 1 saturated heterocycles. The molecule has 12 atom stereocenters. The van der Waals surface area contributed by atoms with Gasteiger partial charge >= 0.3 is 6.09 Å². The summed E-state index contributed by atoms with van der Waals surface area (Å²) in [7, 11) is 1.36. The second kappa shape index (κ2) is 14.8. The summed E-state index contributed by atoms with van der Waals surface area (Å²) < 4.78 is 24.2. The summed E-state index contributed by atoms with van der Waals surface area (Å²) in [5.41, 5.74) is 0.647. The van der Waals surface area contributed by atoms with Crippen LogP contribution in [-0.4, -0.2) is 82.3 Å². The maximum atomic E-state index is 14.0. The number of alkyl carbamates (subject to hydrolysis) is 1. The molecular weight excluding hydrogens is 771 g/mol. The zero-order chi connectivity index (χ0) is 42.6. The van der Waals surface area contributed by atoms with E-state index >= 15 is 0 Å². The number of nitrogens with one attached hydrogen (secondary N) is 1. The topological polar surface area (TPSA) is 195 Å². The van der Waals surface area contributed by atoms with E-state index < -0.39 is 65.7 Å². The van der Waals surface area contributed by atoms with Crippen LogP contribution in [0.3, 0.4) is 0 Å². The third kappa shape index (κ3) is 6.23. The number of allylic oxidation sites excluding steroid dienone is 1. The molecule has 4 fully saturated rings. The molecule has 4 N–H and O–H groups in total. The summed E-state index contributed by atoms with van der Waals surface area (Å²) >= 11 is 0. The van der Waals surface area contributed by atoms with Gasteiger partial charge in [-0.2, -0.15) is 0 Å². The number of fused-ring (bicyclic) bond motifs is 8. The minimum atomic E-state index is -1.11. The standard InChI is InChI=1S/C47H55NO12/c1-21(49)23-17-28-37(44(55)39-38(42(28)53)41(52)27-7-6-8-32(57-5)36(27)43(39)54)33(18-23)59-35-20-31(40(51)22(2)58-35)48-45(56)60-34-12-11-29-26-10-9-24-19-25(50)13-15-46(24,3)30(26)14-16-47(29,34)4/h6-8,19,22-23,26,29-31,33-35,40,51,53,55H,9-18,20H2,1-5H3,(H,48,56)/t22?,23?,26?,29?,30?,31?,33-,34?,35?,40?,46?,47?/m1/s1. The number of amides is 1. The molecule has 0 spiro atoms. The first kappa shape index (κ1) is 40.8. The number of benzene rings is 2. The van der Waals surface area contributed by atoms with Gasteiger partial charge in [-0.1, -0.05) is 31.6 Å². The van der Waals surface area contributed by atoms with Crippen LogP contribution in [0.15, 0.2) is 29.8 Å². The van der Waals surface area contributed by atoms with Crippen LogP contribution in [0.4, 0.5) is 4.79 Å². The normalized spacial score (nSPS) is 36.7. The molecule has 1 aliphatic heterocycles. The number of aliphatic hydroxyl groups excluding tert-OH is 1. The van der Waals surface area contributed by atoms with Crippen molar-refractivity contribution in [3.05, 3.63) is 63.2 Å². The predicted molar refractivity (Wildman–Crippen MR) is 215 cm³/mol. The van der Waals surface area contributed by atoms with Gasteiger partial charge in [-0.05, 0) is 107 Å². The molecule has 13 nitrogen and oxygen atoms in total. The minimum absolute atomic E-state index is 0.00105. The van der Waals surface area contributed by atoms with Crippen LogP contribution in [-0.2, 0) is 30.2 Å². The van der Waals surface area contributed by atoms with Crippen LogP contribution >= 0.6 is 0 Å². The Hall–Kier alpha value is -4.59. The molecule has 1 heterocycles. The number of Topliss-reactive ketones (excluding diaryl/α,β-unsaturated/α-hetero) is 1. The third-order valence-corrected chi connectivity index (χ3v) is 16.1. The highest BCUT2D eigenvalue weighted by molar-refractivity contribution is 6.31. The van der Waals surface area contributed by atoms with Crippen LogP contribution in [0.5, 0.6) is 17.2 Å². The lowest BCUT2D eigenvalue weighted by Crippen LogP contribution is -2.56. The first-order valence-corrected chi connectivity index (χ1v) is 21.6. The molecule has 0 bridgehead atoms. The summed E-state index contributed by atoms with van der Waals surface area (Å²) in [6, 6.07) is 3.71. The molecule has 320 valence electrons. The van der Waals surface area contributed by atoms with Crippen LogP contribution < -0.4 is 10.1 Å². The van der Waals surface area contributed by atoms with Gasteiger partial charge in [0.05, 0.1) is 42.0 Å². The van der Waals surface area contributed by atoms with E-state index in [-0.39, 0.29) is 86.9 Å². The Labute approximate surface area is 349 Å². The quantitative estimate of drug-likeness (QED) is 0.195. The highest BCUT2D eigenvalue weighted by Gasteiger charge is 2.60. The van der Waals surface area contributed by atoms with Gasteiger partial charge in [0.2, 0.25) is 5.78 Å². The molecule has 7 aliphatic rings. The maximum Gasteiger partial charge on any atom is 0.407 e. The van der Waals surface area contributed by atoms with Crippen molar-refractivity contribution in [1.82, 2.24) is 5.32 Å². The number of aromatic hydroxyl groups is 2. The van der Waals surface area contributed by atoms with Crippen molar-refractivity contribution in [3.8, 4) is 17.2 Å². The number of carbonyl (C=O) groups excluding carboxylic acids is 5. The molecule has 2 aromatic carbocycles. The monoisotopic (exact) mass is 825 g/mol. The van der Waals surface area contributed by atoms with Crippen molar-refractivity contribution in [2.24, 2.45) is 34.5 Å². The number of methoxy groups -OCH3 is 1. The fraction of sp³-hybridized carbons (Fsp3) is 0.596. The maximum absolute atomic E-state index is 14.0. The van der Waals surface area contributed by atoms with Crippen molar-refractivity contribution < 1.29 is 58.2 Å². The molecule has 0 radical (unpaired) electrons. The predicted octanol–water partition coefficient (Wildman–Crippen LogP) is 6.58. The Kier molecular flexibility index (Phi) is 10.1. The van der Waals surface area contributed by atoms with Crippen LogP contribution in [0.2, 0.25) is 0 Å². The summed E-state index contributed by atoms with van der Waals surface area (Å²) in [6.07, 6.45) is 4.15. The number of phenolic OH excluding ortho intramolecular Hbond substituents is 2. The minimum Gasteiger partial charge on any atom is -0.507 e. The van der Waals surface area contributed by atoms with E-state index in [9.17, 15) is 39.3 Å². The first-order chi connectivity index (χ1) is 28.5. The van der Waals surface area contributed by atoms with Gasteiger partial charge in [0.1, 0.15) is 35.2 Å². The Bertz CT molecular complexity index is 2230. The van der Waals surface area contributed by atoms with Crippen LogP contribution in [0.25, 0.3) is 0 Å². The van der Waals surface area contributed by atoms with E-state index in [0.29, 0.717) is 24.2 Å². The summed E-state index contributed by atoms with van der Waals surface area (Å²) in [5.74, 6) is -1.45. The van der Waals surface area contributed by atoms with Crippen molar-refractivity contribution in [2.45, 2.75) is 135 Å². The fourth-order valence-electron chi connectivity index (χ4n) is 12.8. The highest BCUT2D eigenvalue weighted by atomic mass is 16.7. The molecular formula is C47H55NO12. The van der Waals surface area contributed by atoms with Crippen molar-refractivity contribution in [2.75, 3.05) is 7.11 Å². The molecule has 60 heavy (non-hydrogen) atoms. The van der Waals surface area contributed by atoms with Crippen LogP contribution in [0, 0.1) is 34.5 Å². The van der Waals surface area contributed by atoms with Gasteiger partial charge in [0.15, 0.2) is 17.9 Å². The molecule has 1 amide bonds. The lowest BCUT2D eigenvalue weighted by Gasteiger charge is -2.57. The van der Waals surface area contributed by atoms with Gasteiger partial charge in [0, 0.05) is 40.9 Å². The largest absolute Gasteiger partial charge is 0.507 e. The Morgan fingerprint density at radius 2 is 1.68 bits per heavy atom. The summed E-state index contributed by atoms with van der Waals surface area (Å²) in [6.45, 7) is 7.68. The summed E-state index contributed by atoms with van der Waals surface area (Å²) in [4.78, 5) is 66.8. The average molecular weight is 826 g/mol. The molecule has 2 aromatic rings. The SMILES string of the molecule is COc1cccc2c1C(=O)c1c(O)c3c(c(O)c1C2=O)CC(C(C)=O)C[C@H]3OC1CC(NC(=O)OC2CCC3C4CCC5=CC(=O)CCC5(C)C4CCC23C)C(O)C(C)O1. The number of hydrogen-bond acceptors (Lipinski definition) is 12. The molecule has 0 aromatic heterocycles. The van der Waals surface area contributed by atoms with Crippen molar-refractivity contribution >= 4 is 29.2 Å². The Morgan fingerprint density at radius 1 is 0.917 bits per heavy atom. The fourth-order valence-corrected chi connectivity index (χ4v) is 12.8. The van der Waals surface area contributed by atoms with Crippen LogP contribution in [0.1, 0.15) is 141 Å². The number of phenols is 2. The molecule has 9 rings (SSSR count). The number of aliphatic hydroxyl groups is 1. The number of rotatable bonds is 6. The van der Waals surface area contributed by atoms with Crippen molar-refractivity contribution in [1.29, 1.82) is 0 Å². The Balaban J connectivity index is 0.927. The number of hydrogen-bond donors (Lipinski definition) is 4. The zero-order valence-corrected chi connectivity index (χ0v) is 34.9. The van der Waals surface area contributed by atoms with Crippen molar-refractivity contribution in [3.63, 3.8) is 0 Å². The second-order valence-electron chi connectivity index (χ2n) is 19.0. The smallest absolute Gasteiger partial charge is 0.407 e. The van der Waals surface area contributed by atoms with E-state index in [1.165, 1.54) is 31.7 Å². The van der Waals surface area contributed by atoms with E-state index in [1.54, 1.807) is 13.0 Å². The zero-order valence-electron chi connectivity index (χ0n) is 34.9. The molecule has 3 saturated carbocycles.